The van der Waals surface area contributed by atoms with E-state index in [0.29, 0.717) is 0 Å². The van der Waals surface area contributed by atoms with Gasteiger partial charge in [0.2, 0.25) is 0 Å². The molecule has 0 unspecified atom stereocenters. The highest BCUT2D eigenvalue weighted by Gasteiger charge is 2.49. The summed E-state index contributed by atoms with van der Waals surface area (Å²) in [5, 5.41) is 1.64. The van der Waals surface area contributed by atoms with Gasteiger partial charge in [-0.15, -0.1) is 0 Å². The van der Waals surface area contributed by atoms with E-state index in [4.69, 9.17) is 10.5 Å². The number of carbonyl (C=O) groups excluding carboxylic acids is 1. The van der Waals surface area contributed by atoms with Crippen LogP contribution in [-0.2, 0) is 15.1 Å². The molecule has 1 aromatic carbocycles. The van der Waals surface area contributed by atoms with Crippen LogP contribution in [0.2, 0.25) is 0 Å². The van der Waals surface area contributed by atoms with Gasteiger partial charge in [-0.3, -0.25) is 9.79 Å². The minimum absolute atomic E-state index is 0.0325. The Balaban J connectivity index is 2.33. The van der Waals surface area contributed by atoms with Crippen LogP contribution in [-0.4, -0.2) is 37.3 Å². The Labute approximate surface area is 133 Å². The number of hydrogen-bond donors (Lipinski definition) is 2. The number of hydrogen-bond acceptors (Lipinski definition) is 4. The van der Waals surface area contributed by atoms with Crippen molar-refractivity contribution in [2.45, 2.75) is 24.8 Å². The van der Waals surface area contributed by atoms with Crippen molar-refractivity contribution in [2.75, 3.05) is 18.5 Å². The van der Waals surface area contributed by atoms with Crippen LogP contribution in [0.15, 0.2) is 23.2 Å². The zero-order valence-corrected chi connectivity index (χ0v) is 12.5. The van der Waals surface area contributed by atoms with Crippen molar-refractivity contribution in [1.82, 2.24) is 0 Å². The molecular weight excluding hydrogens is 337 g/mol. The monoisotopic (exact) mass is 351 g/mol. The van der Waals surface area contributed by atoms with E-state index in [1.807, 2.05) is 0 Å². The van der Waals surface area contributed by atoms with Gasteiger partial charge in [-0.1, -0.05) is 0 Å². The largest absolute Gasteiger partial charge is 0.386 e. The van der Waals surface area contributed by atoms with Crippen LogP contribution in [0.25, 0.3) is 0 Å². The van der Waals surface area contributed by atoms with Gasteiger partial charge in [0, 0.05) is 11.3 Å². The second-order valence-electron chi connectivity index (χ2n) is 5.44. The molecule has 0 saturated carbocycles. The SMILES string of the molecule is C[C@@]1(c2cc(NC(=O)C(F)(F)C(F)F)ccc2F)COCC(N)=N1. The quantitative estimate of drug-likeness (QED) is 0.817. The maximum Gasteiger partial charge on any atom is 0.383 e. The number of nitrogens with one attached hydrogen (secondary N) is 1. The number of aliphatic imine (C=N–C) groups is 1. The Bertz CT molecular complexity index is 680. The summed E-state index contributed by atoms with van der Waals surface area (Å²) in [7, 11) is 0. The molecule has 0 aromatic heterocycles. The number of ether oxygens (including phenoxy) is 1. The topological polar surface area (TPSA) is 76.7 Å². The number of carbonyl (C=O) groups is 1. The first-order chi connectivity index (χ1) is 11.1. The van der Waals surface area contributed by atoms with Gasteiger partial charge in [0.1, 0.15) is 23.8 Å². The molecule has 1 aliphatic heterocycles. The van der Waals surface area contributed by atoms with E-state index in [9.17, 15) is 26.7 Å². The Hall–Kier alpha value is -2.23. The fourth-order valence-corrected chi connectivity index (χ4v) is 2.20. The number of amidine groups is 1. The summed E-state index contributed by atoms with van der Waals surface area (Å²) in [6.45, 7) is 1.53. The number of benzene rings is 1. The van der Waals surface area contributed by atoms with Crippen molar-refractivity contribution in [3.63, 3.8) is 0 Å². The van der Waals surface area contributed by atoms with E-state index >= 15 is 0 Å². The van der Waals surface area contributed by atoms with Gasteiger partial charge < -0.3 is 15.8 Å². The van der Waals surface area contributed by atoms with Crippen LogP contribution >= 0.6 is 0 Å². The average molecular weight is 351 g/mol. The van der Waals surface area contributed by atoms with Gasteiger partial charge in [-0.2, -0.15) is 8.78 Å². The van der Waals surface area contributed by atoms with Gasteiger partial charge in [-0.05, 0) is 25.1 Å². The van der Waals surface area contributed by atoms with E-state index in [1.165, 1.54) is 6.92 Å². The standard InChI is InChI=1S/C14H14F5N3O2/c1-13(6-24-5-10(20)22-13)8-4-7(2-3-9(8)15)21-12(23)14(18,19)11(16)17/h2-4,11H,5-6H2,1H3,(H2,20,22)(H,21,23)/t13-/m0/s1. The summed E-state index contributed by atoms with van der Waals surface area (Å²) in [4.78, 5) is 15.4. The molecule has 24 heavy (non-hydrogen) atoms. The van der Waals surface area contributed by atoms with Crippen LogP contribution in [0.1, 0.15) is 12.5 Å². The molecule has 0 fully saturated rings. The van der Waals surface area contributed by atoms with Crippen LogP contribution in [0.3, 0.4) is 0 Å². The highest BCUT2D eigenvalue weighted by molar-refractivity contribution is 5.96. The smallest absolute Gasteiger partial charge is 0.383 e. The van der Waals surface area contributed by atoms with Crippen molar-refractivity contribution < 1.29 is 31.5 Å². The number of amides is 1. The average Bonchev–Trinajstić information content (AvgIpc) is 2.48. The number of nitrogens with zero attached hydrogens (tertiary/aromatic N) is 1. The van der Waals surface area contributed by atoms with Crippen molar-refractivity contribution in [1.29, 1.82) is 0 Å². The number of anilines is 1. The Morgan fingerprint density at radius 2 is 2.12 bits per heavy atom. The van der Waals surface area contributed by atoms with Crippen molar-refractivity contribution in [3.05, 3.63) is 29.6 Å². The molecule has 1 aliphatic rings. The molecule has 1 aromatic rings. The lowest BCUT2D eigenvalue weighted by molar-refractivity contribution is -0.163. The van der Waals surface area contributed by atoms with Crippen LogP contribution in [0.5, 0.6) is 0 Å². The molecule has 0 radical (unpaired) electrons. The van der Waals surface area contributed by atoms with E-state index in [2.05, 4.69) is 4.99 Å². The van der Waals surface area contributed by atoms with Crippen molar-refractivity contribution >= 4 is 17.4 Å². The molecule has 132 valence electrons. The molecule has 3 N–H and O–H groups in total. The normalized spacial score (nSPS) is 21.5. The molecule has 0 bridgehead atoms. The zero-order chi connectivity index (χ0) is 18.1. The third kappa shape index (κ3) is 3.48. The number of alkyl halides is 4. The molecule has 0 spiro atoms. The molecule has 5 nitrogen and oxygen atoms in total. The lowest BCUT2D eigenvalue weighted by atomic mass is 9.92. The van der Waals surface area contributed by atoms with E-state index in [-0.39, 0.29) is 30.3 Å². The van der Waals surface area contributed by atoms with E-state index < -0.39 is 29.6 Å². The maximum atomic E-state index is 14.1. The summed E-state index contributed by atoms with van der Waals surface area (Å²) >= 11 is 0. The van der Waals surface area contributed by atoms with Crippen LogP contribution in [0, 0.1) is 5.82 Å². The minimum Gasteiger partial charge on any atom is -0.386 e. The predicted octanol–water partition coefficient (Wildman–Crippen LogP) is 2.27. The second-order valence-corrected chi connectivity index (χ2v) is 5.44. The Kier molecular flexibility index (Phi) is 4.79. The fourth-order valence-electron chi connectivity index (χ4n) is 2.20. The molecule has 1 heterocycles. The van der Waals surface area contributed by atoms with Gasteiger partial charge >= 0.3 is 18.3 Å². The van der Waals surface area contributed by atoms with Gasteiger partial charge in [0.05, 0.1) is 6.61 Å². The maximum absolute atomic E-state index is 14.1. The summed E-state index contributed by atoms with van der Waals surface area (Å²) in [5.74, 6) is -7.68. The Morgan fingerprint density at radius 3 is 2.71 bits per heavy atom. The second kappa shape index (κ2) is 6.34. The lowest BCUT2D eigenvalue weighted by Crippen LogP contribution is -2.41. The zero-order valence-electron chi connectivity index (χ0n) is 12.5. The fraction of sp³-hybridized carbons (Fsp3) is 0.429. The number of halogens is 5. The predicted molar refractivity (Wildman–Crippen MR) is 75.8 cm³/mol. The molecule has 1 atom stereocenters. The highest BCUT2D eigenvalue weighted by Crippen LogP contribution is 2.33. The number of rotatable bonds is 4. The minimum atomic E-state index is -4.87. The lowest BCUT2D eigenvalue weighted by Gasteiger charge is -2.30. The van der Waals surface area contributed by atoms with E-state index in [0.717, 1.165) is 18.2 Å². The van der Waals surface area contributed by atoms with Crippen LogP contribution < -0.4 is 11.1 Å². The first-order valence-corrected chi connectivity index (χ1v) is 6.75. The summed E-state index contributed by atoms with van der Waals surface area (Å²) in [6, 6.07) is 2.90. The molecule has 0 saturated heterocycles. The molecule has 10 heteroatoms. The van der Waals surface area contributed by atoms with Crippen molar-refractivity contribution in [3.8, 4) is 0 Å². The van der Waals surface area contributed by atoms with Gasteiger partial charge in [0.15, 0.2) is 0 Å². The van der Waals surface area contributed by atoms with E-state index in [1.54, 1.807) is 5.32 Å². The molecular formula is C14H14F5N3O2. The summed E-state index contributed by atoms with van der Waals surface area (Å²) < 4.78 is 69.6. The summed E-state index contributed by atoms with van der Waals surface area (Å²) in [5.41, 5.74) is 3.96. The highest BCUT2D eigenvalue weighted by atomic mass is 19.3. The first kappa shape index (κ1) is 18.1. The van der Waals surface area contributed by atoms with Crippen molar-refractivity contribution in [2.24, 2.45) is 10.7 Å². The van der Waals surface area contributed by atoms with Gasteiger partial charge in [-0.25, -0.2) is 13.2 Å². The first-order valence-electron chi connectivity index (χ1n) is 6.75. The Morgan fingerprint density at radius 1 is 1.46 bits per heavy atom. The molecule has 1 amide bonds. The van der Waals surface area contributed by atoms with Crippen LogP contribution in [0.4, 0.5) is 27.6 Å². The number of nitrogens with two attached hydrogens (primary N) is 1. The summed E-state index contributed by atoms with van der Waals surface area (Å²) in [6.07, 6.45) is -4.16. The third-order valence-electron chi connectivity index (χ3n) is 3.40. The van der Waals surface area contributed by atoms with Gasteiger partial charge in [0.25, 0.3) is 0 Å². The molecule has 0 aliphatic carbocycles. The third-order valence-corrected chi connectivity index (χ3v) is 3.40. The molecule has 2 rings (SSSR count).